The van der Waals surface area contributed by atoms with E-state index < -0.39 is 0 Å². The molecule has 0 radical (unpaired) electrons. The third kappa shape index (κ3) is 41.9. The molecule has 0 spiro atoms. The van der Waals surface area contributed by atoms with E-state index in [9.17, 15) is 0 Å². The first-order chi connectivity index (χ1) is 1.41. The topological polar surface area (TPSA) is 17.1 Å². The molecule has 0 heterocycles. The molecule has 0 saturated heterocycles. The molecule has 0 aromatic heterocycles. The van der Waals surface area contributed by atoms with Gasteiger partial charge in [0.05, 0.1) is 0 Å². The van der Waals surface area contributed by atoms with Crippen LogP contribution in [-0.2, 0) is 4.79 Å². The molecule has 0 aliphatic heterocycles. The summed E-state index contributed by atoms with van der Waals surface area (Å²) in [5, 5.41) is 0. The molecule has 1 nitrogen and oxygen atoms in total. The van der Waals surface area contributed by atoms with Gasteiger partial charge in [-0.15, -0.1) is 0 Å². The molecule has 0 fully saturated rings. The van der Waals surface area contributed by atoms with Crippen molar-refractivity contribution in [2.45, 2.75) is 6.92 Å². The number of hydrogen-bond donors (Lipinski definition) is 0. The second-order valence-electron chi connectivity index (χ2n) is 0.236. The Morgan fingerprint density at radius 1 is 1.75 bits per heavy atom. The van der Waals surface area contributed by atoms with Gasteiger partial charge in [0.2, 0.25) is 0 Å². The number of carbonyl (C=O) groups is 1. The van der Waals surface area contributed by atoms with Crippen molar-refractivity contribution in [3.63, 3.8) is 0 Å². The molecule has 24 valence electrons. The van der Waals surface area contributed by atoms with Crippen LogP contribution in [0.5, 0.6) is 0 Å². The molecule has 0 aromatic rings. The van der Waals surface area contributed by atoms with Crippen molar-refractivity contribution in [3.8, 4) is 0 Å². The Morgan fingerprint density at radius 3 is 1.75 bits per heavy atom. The third-order valence-electron chi connectivity index (χ3n) is 0. The molecule has 0 rings (SSSR count). The first kappa shape index (κ1) is 8.85. The van der Waals surface area contributed by atoms with Crippen LogP contribution in [0, 0.1) is 0 Å². The predicted octanol–water partition coefficient (Wildman–Crippen LogP) is -0.979. The molecular formula is C2H7GaO. The van der Waals surface area contributed by atoms with Gasteiger partial charge in [-0.3, -0.25) is 0 Å². The summed E-state index contributed by atoms with van der Waals surface area (Å²) in [6.45, 7) is 1.44. The van der Waals surface area contributed by atoms with E-state index >= 15 is 0 Å². The minimum atomic E-state index is 0. The zero-order valence-electron chi connectivity index (χ0n) is 1.99. The minimum absolute atomic E-state index is 0. The average Bonchev–Trinajstić information content (AvgIpc) is 0.918. The van der Waals surface area contributed by atoms with E-state index in [4.69, 9.17) is 4.79 Å². The van der Waals surface area contributed by atoms with Crippen molar-refractivity contribution < 1.29 is 4.79 Å². The van der Waals surface area contributed by atoms with E-state index in [1.165, 1.54) is 6.92 Å². The molecule has 2 heteroatoms. The summed E-state index contributed by atoms with van der Waals surface area (Å²) in [6.07, 6.45) is 0.750. The standard InChI is InChI=1S/C2H4O.Ga.3H/c1-2-3;;;;/h2H,1H3;;;;. The molecule has 0 saturated carbocycles. The maximum absolute atomic E-state index is 8.81. The fraction of sp³-hybridized carbons (Fsp3) is 0.500. The molecule has 0 N–H and O–H groups in total. The third-order valence-corrected chi connectivity index (χ3v) is 0. The van der Waals surface area contributed by atoms with Crippen molar-refractivity contribution in [2.24, 2.45) is 0 Å². The van der Waals surface area contributed by atoms with Gasteiger partial charge in [-0.05, 0) is 6.92 Å². The van der Waals surface area contributed by atoms with Crippen LogP contribution in [0.25, 0.3) is 0 Å². The van der Waals surface area contributed by atoms with Gasteiger partial charge in [-0.2, -0.15) is 0 Å². The normalized spacial score (nSPS) is 3.25. The van der Waals surface area contributed by atoms with Crippen LogP contribution in [0.4, 0.5) is 0 Å². The monoisotopic (exact) mass is 116 g/mol. The Labute approximate surface area is 38.4 Å². The SMILES string of the molecule is CC=O.[GaH3]. The fourth-order valence-corrected chi connectivity index (χ4v) is 0. The van der Waals surface area contributed by atoms with Crippen LogP contribution in [0.1, 0.15) is 6.92 Å². The van der Waals surface area contributed by atoms with E-state index in [1.54, 1.807) is 0 Å². The van der Waals surface area contributed by atoms with Gasteiger partial charge >= 0.3 is 19.8 Å². The van der Waals surface area contributed by atoms with E-state index in [2.05, 4.69) is 0 Å². The van der Waals surface area contributed by atoms with Gasteiger partial charge in [0.15, 0.2) is 0 Å². The van der Waals surface area contributed by atoms with Gasteiger partial charge in [0.25, 0.3) is 0 Å². The molecule has 0 aliphatic carbocycles. The van der Waals surface area contributed by atoms with Gasteiger partial charge < -0.3 is 4.79 Å². The summed E-state index contributed by atoms with van der Waals surface area (Å²) in [5.74, 6) is 0. The summed E-state index contributed by atoms with van der Waals surface area (Å²) < 4.78 is 0. The Kier molecular flexibility index (Phi) is 22.8. The number of aldehydes is 1. The second kappa shape index (κ2) is 10.3. The van der Waals surface area contributed by atoms with Gasteiger partial charge in [-0.25, -0.2) is 0 Å². The predicted molar refractivity (Wildman–Crippen MR) is 21.7 cm³/mol. The van der Waals surface area contributed by atoms with E-state index in [-0.39, 0.29) is 19.8 Å². The molecule has 4 heavy (non-hydrogen) atoms. The Balaban J connectivity index is 0. The zero-order chi connectivity index (χ0) is 2.71. The molecule has 0 bridgehead atoms. The molecule has 0 aromatic carbocycles. The summed E-state index contributed by atoms with van der Waals surface area (Å²) in [7, 11) is 0. The number of hydrogen-bond acceptors (Lipinski definition) is 1. The maximum atomic E-state index is 8.81. The van der Waals surface area contributed by atoms with Crippen molar-refractivity contribution in [1.82, 2.24) is 0 Å². The molecule has 0 atom stereocenters. The average molecular weight is 117 g/mol. The Hall–Kier alpha value is 0.306. The summed E-state index contributed by atoms with van der Waals surface area (Å²) in [5.41, 5.74) is 0. The van der Waals surface area contributed by atoms with Gasteiger partial charge in [-0.1, -0.05) is 0 Å². The van der Waals surface area contributed by atoms with Crippen molar-refractivity contribution in [1.29, 1.82) is 0 Å². The number of carbonyl (C=O) groups excluding carboxylic acids is 1. The fourth-order valence-electron chi connectivity index (χ4n) is 0. The van der Waals surface area contributed by atoms with E-state index in [0.29, 0.717) is 0 Å². The Bertz CT molecular complexity index is 13.5. The first-order valence-corrected chi connectivity index (χ1v) is 0.813. The van der Waals surface area contributed by atoms with Crippen LogP contribution in [0.3, 0.4) is 0 Å². The van der Waals surface area contributed by atoms with Crippen LogP contribution in [-0.4, -0.2) is 26.1 Å². The molecular weight excluding hydrogens is 110 g/mol. The van der Waals surface area contributed by atoms with Crippen LogP contribution in [0.15, 0.2) is 0 Å². The van der Waals surface area contributed by atoms with Crippen LogP contribution >= 0.6 is 0 Å². The molecule has 0 aliphatic rings. The number of rotatable bonds is 0. The van der Waals surface area contributed by atoms with Crippen molar-refractivity contribution in [3.05, 3.63) is 0 Å². The molecule has 0 amide bonds. The van der Waals surface area contributed by atoms with Gasteiger partial charge in [0.1, 0.15) is 6.29 Å². The summed E-state index contributed by atoms with van der Waals surface area (Å²) >= 11 is 0. The second-order valence-corrected chi connectivity index (χ2v) is 0.236. The molecule has 0 unspecified atom stereocenters. The van der Waals surface area contributed by atoms with Crippen LogP contribution < -0.4 is 0 Å². The summed E-state index contributed by atoms with van der Waals surface area (Å²) in [4.78, 5) is 8.81. The quantitative estimate of drug-likeness (QED) is 0.294. The van der Waals surface area contributed by atoms with Gasteiger partial charge in [0, 0.05) is 0 Å². The van der Waals surface area contributed by atoms with Crippen molar-refractivity contribution >= 4 is 26.1 Å². The van der Waals surface area contributed by atoms with E-state index in [0.717, 1.165) is 6.29 Å². The van der Waals surface area contributed by atoms with Crippen molar-refractivity contribution in [2.75, 3.05) is 0 Å². The first-order valence-electron chi connectivity index (χ1n) is 0.813. The Morgan fingerprint density at radius 2 is 1.75 bits per heavy atom. The van der Waals surface area contributed by atoms with Crippen LogP contribution in [0.2, 0.25) is 0 Å². The van der Waals surface area contributed by atoms with E-state index in [1.807, 2.05) is 0 Å². The zero-order valence-corrected chi connectivity index (χ0v) is 1.99. The summed E-state index contributed by atoms with van der Waals surface area (Å²) in [6, 6.07) is 0.